The highest BCUT2D eigenvalue weighted by atomic mass is 32.1. The fourth-order valence-corrected chi connectivity index (χ4v) is 3.67. The number of rotatable bonds is 6. The summed E-state index contributed by atoms with van der Waals surface area (Å²) in [7, 11) is 0. The Balaban J connectivity index is 0.00000126. The van der Waals surface area contributed by atoms with Crippen LogP contribution in [0.1, 0.15) is 30.6 Å². The molecule has 0 aliphatic rings. The van der Waals surface area contributed by atoms with Crippen LogP contribution in [0.2, 0.25) is 0 Å². The first-order valence-corrected chi connectivity index (χ1v) is 9.72. The molecule has 0 radical (unpaired) electrons. The van der Waals surface area contributed by atoms with Crippen LogP contribution in [0.3, 0.4) is 0 Å². The van der Waals surface area contributed by atoms with E-state index in [9.17, 15) is 4.79 Å². The Hall–Kier alpha value is -2.86. The molecule has 0 saturated heterocycles. The number of anilines is 1. The van der Waals surface area contributed by atoms with Crippen LogP contribution in [-0.4, -0.2) is 28.4 Å². The first-order chi connectivity index (χ1) is 13.2. The Kier molecular flexibility index (Phi) is 7.82. The van der Waals surface area contributed by atoms with Gasteiger partial charge in [0.2, 0.25) is 0 Å². The van der Waals surface area contributed by atoms with Gasteiger partial charge in [-0.25, -0.2) is 0 Å². The van der Waals surface area contributed by atoms with E-state index >= 15 is 0 Å². The van der Waals surface area contributed by atoms with Gasteiger partial charge >= 0.3 is 0 Å². The molecule has 2 heterocycles. The smallest absolute Gasteiger partial charge is 0.253 e. The summed E-state index contributed by atoms with van der Waals surface area (Å²) >= 11 is 1.50. The van der Waals surface area contributed by atoms with E-state index in [0.717, 1.165) is 28.4 Å². The number of para-hydroxylation sites is 1. The molecule has 3 aromatic rings. The van der Waals surface area contributed by atoms with Crippen molar-refractivity contribution in [3.05, 3.63) is 58.9 Å². The molecule has 1 amide bonds. The van der Waals surface area contributed by atoms with Crippen LogP contribution in [0.4, 0.5) is 5.82 Å². The van der Waals surface area contributed by atoms with Crippen LogP contribution in [0.25, 0.3) is 23.1 Å². The minimum atomic E-state index is -0.0696. The molecule has 0 unspecified atom stereocenters. The number of aromatic amines is 1. The van der Waals surface area contributed by atoms with Crippen molar-refractivity contribution in [1.82, 2.24) is 14.7 Å². The Labute approximate surface area is 163 Å². The van der Waals surface area contributed by atoms with Crippen molar-refractivity contribution in [3.63, 3.8) is 0 Å². The van der Waals surface area contributed by atoms with Crippen molar-refractivity contribution < 1.29 is 4.79 Å². The van der Waals surface area contributed by atoms with Gasteiger partial charge in [-0.1, -0.05) is 37.3 Å². The second-order valence-electron chi connectivity index (χ2n) is 5.64. The Bertz CT molecular complexity index is 1000. The van der Waals surface area contributed by atoms with Crippen LogP contribution in [-0.2, 0) is 0 Å². The Morgan fingerprint density at radius 2 is 2.07 bits per heavy atom. The second kappa shape index (κ2) is 10.3. The Morgan fingerprint density at radius 1 is 1.30 bits per heavy atom. The zero-order valence-electron chi connectivity index (χ0n) is 15.8. The van der Waals surface area contributed by atoms with Crippen molar-refractivity contribution >= 4 is 46.3 Å². The molecule has 0 spiro atoms. The third-order valence-corrected chi connectivity index (χ3v) is 4.83. The minimum absolute atomic E-state index is 0.0696. The number of nitrogens with one attached hydrogen (secondary N) is 3. The van der Waals surface area contributed by atoms with Gasteiger partial charge in [0.05, 0.1) is 10.1 Å². The molecule has 0 atom stereocenters. The van der Waals surface area contributed by atoms with Gasteiger partial charge in [0.1, 0.15) is 5.82 Å². The zero-order valence-corrected chi connectivity index (χ0v) is 16.7. The lowest BCUT2D eigenvalue weighted by atomic mass is 10.1. The highest BCUT2D eigenvalue weighted by molar-refractivity contribution is 7.03. The molecule has 6 heteroatoms. The average molecular weight is 383 g/mol. The summed E-state index contributed by atoms with van der Waals surface area (Å²) in [5.41, 5.74) is 1.64. The van der Waals surface area contributed by atoms with Crippen molar-refractivity contribution in [3.8, 4) is 0 Å². The van der Waals surface area contributed by atoms with Gasteiger partial charge < -0.3 is 15.6 Å². The van der Waals surface area contributed by atoms with E-state index in [2.05, 4.69) is 52.2 Å². The van der Waals surface area contributed by atoms with Crippen molar-refractivity contribution in [1.29, 1.82) is 0 Å². The van der Waals surface area contributed by atoms with E-state index in [-0.39, 0.29) is 5.91 Å². The molecule has 3 rings (SSSR count). The normalized spacial score (nSPS) is 11.9. The van der Waals surface area contributed by atoms with Crippen molar-refractivity contribution in [2.45, 2.75) is 20.3 Å². The lowest BCUT2D eigenvalue weighted by molar-refractivity contribution is 0.0957. The number of H-pyrrole nitrogens is 1. The monoisotopic (exact) mass is 382 g/mol. The maximum Gasteiger partial charge on any atom is 0.253 e. The van der Waals surface area contributed by atoms with E-state index in [0.29, 0.717) is 18.7 Å². The number of aromatic nitrogens is 2. The lowest BCUT2D eigenvalue weighted by Crippen LogP contribution is -2.30. The molecule has 5 nitrogen and oxygen atoms in total. The van der Waals surface area contributed by atoms with Gasteiger partial charge in [-0.05, 0) is 30.9 Å². The van der Waals surface area contributed by atoms with E-state index in [1.54, 1.807) is 6.20 Å². The maximum atomic E-state index is 12.4. The molecule has 0 aliphatic carbocycles. The number of hydrogen-bond donors (Lipinski definition) is 3. The second-order valence-corrected chi connectivity index (χ2v) is 6.45. The van der Waals surface area contributed by atoms with Gasteiger partial charge in [-0.2, -0.15) is 4.37 Å². The molecule has 142 valence electrons. The molecule has 0 bridgehead atoms. The fraction of sp³-hybridized carbons (Fsp3) is 0.238. The van der Waals surface area contributed by atoms with E-state index in [4.69, 9.17) is 0 Å². The first kappa shape index (κ1) is 20.5. The molecular weight excluding hydrogens is 356 g/mol. The van der Waals surface area contributed by atoms with Gasteiger partial charge in [-0.15, -0.1) is 13.2 Å². The highest BCUT2D eigenvalue weighted by Gasteiger charge is 2.10. The molecule has 1 aromatic carbocycles. The van der Waals surface area contributed by atoms with E-state index in [1.165, 1.54) is 16.1 Å². The predicted molar refractivity (Wildman–Crippen MR) is 117 cm³/mol. The van der Waals surface area contributed by atoms with Crippen LogP contribution in [0.15, 0.2) is 43.6 Å². The zero-order chi connectivity index (χ0) is 19.6. The number of nitrogens with zero attached hydrogens (tertiary/aromatic N) is 1. The molecule has 0 saturated carbocycles. The maximum absolute atomic E-state index is 12.4. The summed E-state index contributed by atoms with van der Waals surface area (Å²) in [5.74, 6) is 0.813. The van der Waals surface area contributed by atoms with E-state index in [1.807, 2.05) is 31.2 Å². The Morgan fingerprint density at radius 3 is 2.81 bits per heavy atom. The summed E-state index contributed by atoms with van der Waals surface area (Å²) in [6, 6.07) is 7.79. The summed E-state index contributed by atoms with van der Waals surface area (Å²) in [5, 5.41) is 8.33. The van der Waals surface area contributed by atoms with Crippen LogP contribution in [0.5, 0.6) is 0 Å². The van der Waals surface area contributed by atoms with Gasteiger partial charge in [-0.3, -0.25) is 4.79 Å². The van der Waals surface area contributed by atoms with Gasteiger partial charge in [0.15, 0.2) is 0 Å². The number of hydrogen-bond acceptors (Lipinski definition) is 4. The summed E-state index contributed by atoms with van der Waals surface area (Å²) in [6.07, 6.45) is 6.99. The van der Waals surface area contributed by atoms with Crippen molar-refractivity contribution in [2.24, 2.45) is 0 Å². The van der Waals surface area contributed by atoms with Crippen molar-refractivity contribution in [2.75, 3.05) is 18.4 Å². The summed E-state index contributed by atoms with van der Waals surface area (Å²) in [4.78, 5) is 15.5. The SMILES string of the molecule is C/C=c1/c(NCCNC(=O)c2c[nH]c3ccccc23)ns/c1=C/CC.C=C. The highest BCUT2D eigenvalue weighted by Crippen LogP contribution is 2.17. The number of fused-ring (bicyclic) bond motifs is 1. The van der Waals surface area contributed by atoms with Crippen LogP contribution >= 0.6 is 11.5 Å². The average Bonchev–Trinajstić information content (AvgIpc) is 3.31. The fourth-order valence-electron chi connectivity index (χ4n) is 2.76. The number of carbonyl (C=O) groups is 1. The number of carbonyl (C=O) groups excluding carboxylic acids is 1. The quantitative estimate of drug-likeness (QED) is 0.453. The van der Waals surface area contributed by atoms with Crippen LogP contribution < -0.4 is 20.4 Å². The standard InChI is InChI=1S/C19H22N4OS.C2H4/c1-3-7-17-13(4-2)18(23-25-17)20-10-11-21-19(24)15-12-22-16-9-6-5-8-14(15)16;1-2/h4-9,12,22H,3,10-11H2,1-2H3,(H,20,23)(H,21,24);1-2H2/b13-4+,17-7+;. The van der Waals surface area contributed by atoms with Crippen LogP contribution in [0, 0.1) is 0 Å². The van der Waals surface area contributed by atoms with Gasteiger partial charge in [0, 0.05) is 35.4 Å². The molecule has 27 heavy (non-hydrogen) atoms. The predicted octanol–water partition coefficient (Wildman–Crippen LogP) is 3.26. The minimum Gasteiger partial charge on any atom is -0.367 e. The third-order valence-electron chi connectivity index (χ3n) is 3.97. The molecule has 0 fully saturated rings. The number of amides is 1. The molecule has 3 N–H and O–H groups in total. The number of benzene rings is 1. The van der Waals surface area contributed by atoms with E-state index < -0.39 is 0 Å². The molecule has 0 aliphatic heterocycles. The summed E-state index contributed by atoms with van der Waals surface area (Å²) < 4.78 is 5.65. The first-order valence-electron chi connectivity index (χ1n) is 8.95. The lowest BCUT2D eigenvalue weighted by Gasteiger charge is -2.05. The van der Waals surface area contributed by atoms with Gasteiger partial charge in [0.25, 0.3) is 5.91 Å². The molecule has 2 aromatic heterocycles. The third kappa shape index (κ3) is 4.86. The molecular formula is C21H26N4OS. The topological polar surface area (TPSA) is 69.8 Å². The summed E-state index contributed by atoms with van der Waals surface area (Å²) in [6.45, 7) is 11.3. The largest absolute Gasteiger partial charge is 0.367 e.